The molecule has 1 atom stereocenters. The summed E-state index contributed by atoms with van der Waals surface area (Å²) in [5, 5.41) is 5.77. The van der Waals surface area contributed by atoms with E-state index in [1.54, 1.807) is 19.1 Å². The third-order valence-electron chi connectivity index (χ3n) is 4.35. The summed E-state index contributed by atoms with van der Waals surface area (Å²) in [5.74, 6) is -2.39. The van der Waals surface area contributed by atoms with Gasteiger partial charge in [0.2, 0.25) is 5.91 Å². The van der Waals surface area contributed by atoms with E-state index in [9.17, 15) is 19.2 Å². The highest BCUT2D eigenvalue weighted by atomic mass is 35.5. The molecule has 2 aromatic carbocycles. The molecule has 4 N–H and O–H groups in total. The van der Waals surface area contributed by atoms with Crippen LogP contribution in [0.4, 0.5) is 5.69 Å². The predicted molar refractivity (Wildman–Crippen MR) is 127 cm³/mol. The highest BCUT2D eigenvalue weighted by molar-refractivity contribution is 6.34. The molecule has 1 unspecified atom stereocenters. The van der Waals surface area contributed by atoms with Crippen molar-refractivity contribution in [2.45, 2.75) is 19.4 Å². The lowest BCUT2D eigenvalue weighted by Crippen LogP contribution is -2.39. The van der Waals surface area contributed by atoms with Crippen LogP contribution in [0.1, 0.15) is 48.5 Å². The van der Waals surface area contributed by atoms with Crippen molar-refractivity contribution in [3.63, 3.8) is 0 Å². The standard InChI is InChI=1S/C22H23Cl2N3O6.2H2/c1-3-33-20(29)10-18(12-5-15(23)9-16(24)6-12)27-19(28)11-26-21(30)13-4-14(22(31)32-2)8-17(25)7-13;;/h4-9,18H,3,10-11,25H2,1-2H3,(H,26,30)(H,27,28);2*1H. The lowest BCUT2D eigenvalue weighted by Gasteiger charge is -2.19. The lowest BCUT2D eigenvalue weighted by atomic mass is 10.0. The molecule has 0 aromatic heterocycles. The Balaban J connectivity index is 0.00000578. The van der Waals surface area contributed by atoms with E-state index in [-0.39, 0.29) is 32.7 Å². The van der Waals surface area contributed by atoms with E-state index in [0.29, 0.717) is 15.6 Å². The summed E-state index contributed by atoms with van der Waals surface area (Å²) < 4.78 is 9.60. The molecule has 2 rings (SSSR count). The number of nitrogens with one attached hydrogen (secondary N) is 2. The Hall–Kier alpha value is -3.30. The molecule has 9 nitrogen and oxygen atoms in total. The fourth-order valence-electron chi connectivity index (χ4n) is 2.94. The van der Waals surface area contributed by atoms with Gasteiger partial charge in [-0.15, -0.1) is 0 Å². The molecule has 0 radical (unpaired) electrons. The van der Waals surface area contributed by atoms with Crippen LogP contribution in [-0.4, -0.2) is 44.0 Å². The highest BCUT2D eigenvalue weighted by Crippen LogP contribution is 2.25. The van der Waals surface area contributed by atoms with E-state index in [2.05, 4.69) is 15.4 Å². The van der Waals surface area contributed by atoms with Crippen LogP contribution in [0, 0.1) is 0 Å². The largest absolute Gasteiger partial charge is 0.466 e. The first-order valence-electron chi connectivity index (χ1n) is 9.81. The SMILES string of the molecule is CCOC(=O)CC(NC(=O)CNC(=O)c1cc(N)cc(C(=O)OC)c1)c1cc(Cl)cc(Cl)c1.[HH].[HH]. The summed E-state index contributed by atoms with van der Waals surface area (Å²) >= 11 is 12.1. The molecule has 0 saturated carbocycles. The molecule has 0 aliphatic rings. The summed E-state index contributed by atoms with van der Waals surface area (Å²) in [4.78, 5) is 48.7. The number of hydrogen-bond acceptors (Lipinski definition) is 7. The van der Waals surface area contributed by atoms with Crippen LogP contribution >= 0.6 is 23.2 Å². The van der Waals surface area contributed by atoms with Crippen LogP contribution in [0.15, 0.2) is 36.4 Å². The molecule has 0 bridgehead atoms. The fourth-order valence-corrected chi connectivity index (χ4v) is 3.48. The first-order valence-corrected chi connectivity index (χ1v) is 10.6. The molecule has 0 saturated heterocycles. The van der Waals surface area contributed by atoms with Gasteiger partial charge < -0.3 is 25.8 Å². The van der Waals surface area contributed by atoms with Crippen molar-refractivity contribution in [3.05, 3.63) is 63.1 Å². The summed E-state index contributed by atoms with van der Waals surface area (Å²) in [6, 6.07) is 7.89. The third kappa shape index (κ3) is 7.96. The number of carbonyl (C=O) groups is 4. The van der Waals surface area contributed by atoms with Gasteiger partial charge in [0.25, 0.3) is 5.91 Å². The van der Waals surface area contributed by atoms with Crippen molar-refractivity contribution in [1.29, 1.82) is 0 Å². The van der Waals surface area contributed by atoms with Gasteiger partial charge in [0.15, 0.2) is 0 Å². The van der Waals surface area contributed by atoms with Crippen LogP contribution in [0.2, 0.25) is 10.0 Å². The Bertz CT molecular complexity index is 1050. The van der Waals surface area contributed by atoms with Crippen molar-refractivity contribution >= 4 is 52.6 Å². The van der Waals surface area contributed by atoms with Crippen LogP contribution in [0.5, 0.6) is 0 Å². The molecule has 0 heterocycles. The van der Waals surface area contributed by atoms with Crippen LogP contribution in [0.25, 0.3) is 0 Å². The second-order valence-electron chi connectivity index (χ2n) is 6.85. The number of hydrogen-bond donors (Lipinski definition) is 3. The van der Waals surface area contributed by atoms with E-state index in [0.717, 1.165) is 0 Å². The minimum Gasteiger partial charge on any atom is -0.466 e. The van der Waals surface area contributed by atoms with E-state index in [4.69, 9.17) is 33.7 Å². The van der Waals surface area contributed by atoms with Crippen LogP contribution < -0.4 is 16.4 Å². The minimum atomic E-state index is -0.789. The minimum absolute atomic E-state index is 0. The molecule has 11 heteroatoms. The van der Waals surface area contributed by atoms with E-state index in [1.807, 2.05) is 0 Å². The number of esters is 2. The average Bonchev–Trinajstić information content (AvgIpc) is 2.75. The first kappa shape index (κ1) is 26.0. The van der Waals surface area contributed by atoms with Crippen molar-refractivity contribution in [3.8, 4) is 0 Å². The topological polar surface area (TPSA) is 137 Å². The second-order valence-corrected chi connectivity index (χ2v) is 7.72. The van der Waals surface area contributed by atoms with Gasteiger partial charge in [-0.3, -0.25) is 14.4 Å². The zero-order chi connectivity index (χ0) is 24.5. The fraction of sp³-hybridized carbons (Fsp3) is 0.273. The molecule has 0 spiro atoms. The molecular weight excluding hydrogens is 473 g/mol. The summed E-state index contributed by atoms with van der Waals surface area (Å²) in [6.45, 7) is 1.44. The molecular formula is C22H27Cl2N3O6. The van der Waals surface area contributed by atoms with Gasteiger partial charge in [-0.2, -0.15) is 0 Å². The number of amides is 2. The predicted octanol–water partition coefficient (Wildman–Crippen LogP) is 3.39. The maximum Gasteiger partial charge on any atom is 0.337 e. The highest BCUT2D eigenvalue weighted by Gasteiger charge is 2.21. The van der Waals surface area contributed by atoms with Crippen molar-refractivity contribution < 1.29 is 31.5 Å². The number of nitrogen functional groups attached to an aromatic ring is 1. The quantitative estimate of drug-likeness (QED) is 0.355. The van der Waals surface area contributed by atoms with Crippen LogP contribution in [0.3, 0.4) is 0 Å². The second kappa shape index (κ2) is 12.1. The molecule has 33 heavy (non-hydrogen) atoms. The zero-order valence-corrected chi connectivity index (χ0v) is 19.5. The van der Waals surface area contributed by atoms with E-state index in [1.165, 1.54) is 31.4 Å². The summed E-state index contributed by atoms with van der Waals surface area (Å²) in [6.07, 6.45) is -0.165. The molecule has 0 aliphatic carbocycles. The summed E-state index contributed by atoms with van der Waals surface area (Å²) in [7, 11) is 1.20. The van der Waals surface area contributed by atoms with Gasteiger partial charge in [-0.05, 0) is 48.9 Å². The van der Waals surface area contributed by atoms with E-state index < -0.39 is 36.3 Å². The number of nitrogens with two attached hydrogens (primary N) is 1. The number of rotatable bonds is 9. The van der Waals surface area contributed by atoms with Crippen molar-refractivity contribution in [1.82, 2.24) is 10.6 Å². The Kier molecular flexibility index (Phi) is 9.50. The Labute approximate surface area is 203 Å². The Morgan fingerprint density at radius 1 is 1.03 bits per heavy atom. The average molecular weight is 500 g/mol. The van der Waals surface area contributed by atoms with Crippen LogP contribution in [-0.2, 0) is 19.1 Å². The lowest BCUT2D eigenvalue weighted by molar-refractivity contribution is -0.143. The number of anilines is 1. The molecule has 0 fully saturated rings. The number of halogens is 2. The third-order valence-corrected chi connectivity index (χ3v) is 4.78. The molecule has 0 aliphatic heterocycles. The monoisotopic (exact) mass is 499 g/mol. The van der Waals surface area contributed by atoms with Gasteiger partial charge in [0.05, 0.1) is 38.3 Å². The maximum atomic E-state index is 12.5. The number of benzene rings is 2. The van der Waals surface area contributed by atoms with Crippen molar-refractivity contribution in [2.75, 3.05) is 26.0 Å². The molecule has 2 aromatic rings. The Morgan fingerprint density at radius 3 is 2.27 bits per heavy atom. The number of ether oxygens (including phenoxy) is 2. The normalized spacial score (nSPS) is 11.3. The van der Waals surface area contributed by atoms with E-state index >= 15 is 0 Å². The Morgan fingerprint density at radius 2 is 1.67 bits per heavy atom. The maximum absolute atomic E-state index is 12.5. The molecule has 180 valence electrons. The van der Waals surface area contributed by atoms with Gasteiger partial charge in [-0.25, -0.2) is 4.79 Å². The molecule has 2 amide bonds. The smallest absolute Gasteiger partial charge is 0.337 e. The zero-order valence-electron chi connectivity index (χ0n) is 17.9. The van der Waals surface area contributed by atoms with Gasteiger partial charge >= 0.3 is 11.9 Å². The van der Waals surface area contributed by atoms with Gasteiger partial charge in [0.1, 0.15) is 0 Å². The first-order chi connectivity index (χ1) is 15.6. The van der Waals surface area contributed by atoms with Gasteiger partial charge in [0, 0.05) is 24.1 Å². The number of carbonyl (C=O) groups excluding carboxylic acids is 4. The van der Waals surface area contributed by atoms with Gasteiger partial charge in [-0.1, -0.05) is 23.2 Å². The number of methoxy groups -OCH3 is 1. The summed E-state index contributed by atoms with van der Waals surface area (Å²) in [5.41, 5.74) is 6.59. The van der Waals surface area contributed by atoms with Crippen molar-refractivity contribution in [2.24, 2.45) is 0 Å².